The fourth-order valence-electron chi connectivity index (χ4n) is 1.94. The van der Waals surface area contributed by atoms with Gasteiger partial charge in [0.25, 0.3) is 0 Å². The molecule has 0 saturated heterocycles. The van der Waals surface area contributed by atoms with Gasteiger partial charge in [-0.3, -0.25) is 0 Å². The second-order valence-electron chi connectivity index (χ2n) is 4.41. The van der Waals surface area contributed by atoms with E-state index in [4.69, 9.17) is 0 Å². The molecular weight excluding hydrogens is 229 g/mol. The third-order valence-corrected chi connectivity index (χ3v) is 3.00. The standard InChI is InChI=1S/C14H18FN3/c1-11-10-13(15)4-5-14(11)17-6-3-8-18-9-7-16-12(18)2/h4-5,7,9-10,17H,3,6,8H2,1-2H3. The lowest BCUT2D eigenvalue weighted by molar-refractivity contribution is 0.626. The summed E-state index contributed by atoms with van der Waals surface area (Å²) < 4.78 is 15.1. The molecule has 96 valence electrons. The van der Waals surface area contributed by atoms with Crippen LogP contribution < -0.4 is 5.32 Å². The number of imidazole rings is 1. The summed E-state index contributed by atoms with van der Waals surface area (Å²) in [5, 5.41) is 3.32. The smallest absolute Gasteiger partial charge is 0.123 e. The molecule has 0 atom stereocenters. The largest absolute Gasteiger partial charge is 0.385 e. The molecule has 0 aliphatic rings. The van der Waals surface area contributed by atoms with Gasteiger partial charge in [0.2, 0.25) is 0 Å². The zero-order valence-electron chi connectivity index (χ0n) is 10.8. The molecule has 0 aliphatic heterocycles. The van der Waals surface area contributed by atoms with E-state index in [0.29, 0.717) is 0 Å². The zero-order valence-corrected chi connectivity index (χ0v) is 10.8. The van der Waals surface area contributed by atoms with Crippen LogP contribution in [0.2, 0.25) is 0 Å². The molecule has 0 bridgehead atoms. The van der Waals surface area contributed by atoms with Crippen LogP contribution in [0.3, 0.4) is 0 Å². The molecule has 18 heavy (non-hydrogen) atoms. The number of benzene rings is 1. The summed E-state index contributed by atoms with van der Waals surface area (Å²) >= 11 is 0. The molecule has 0 aliphatic carbocycles. The molecule has 4 heteroatoms. The first-order chi connectivity index (χ1) is 8.66. The van der Waals surface area contributed by atoms with Gasteiger partial charge in [0.1, 0.15) is 11.6 Å². The first-order valence-electron chi connectivity index (χ1n) is 6.14. The molecule has 0 fully saturated rings. The van der Waals surface area contributed by atoms with Gasteiger partial charge < -0.3 is 9.88 Å². The van der Waals surface area contributed by atoms with Gasteiger partial charge in [-0.2, -0.15) is 0 Å². The normalized spacial score (nSPS) is 10.6. The Morgan fingerprint density at radius 1 is 1.33 bits per heavy atom. The van der Waals surface area contributed by atoms with Crippen molar-refractivity contribution in [2.24, 2.45) is 0 Å². The van der Waals surface area contributed by atoms with Gasteiger partial charge >= 0.3 is 0 Å². The first kappa shape index (κ1) is 12.6. The molecule has 0 spiro atoms. The summed E-state index contributed by atoms with van der Waals surface area (Å²) in [4.78, 5) is 4.18. The number of nitrogens with one attached hydrogen (secondary N) is 1. The van der Waals surface area contributed by atoms with Gasteiger partial charge in [-0.15, -0.1) is 0 Å². The third-order valence-electron chi connectivity index (χ3n) is 3.00. The Morgan fingerprint density at radius 2 is 2.17 bits per heavy atom. The van der Waals surface area contributed by atoms with E-state index in [2.05, 4.69) is 14.9 Å². The van der Waals surface area contributed by atoms with Crippen LogP contribution in [0.25, 0.3) is 0 Å². The number of anilines is 1. The lowest BCUT2D eigenvalue weighted by Crippen LogP contribution is -2.08. The van der Waals surface area contributed by atoms with Crippen LogP contribution in [0.5, 0.6) is 0 Å². The third kappa shape index (κ3) is 3.09. The van der Waals surface area contributed by atoms with E-state index in [1.165, 1.54) is 6.07 Å². The van der Waals surface area contributed by atoms with E-state index < -0.39 is 0 Å². The summed E-state index contributed by atoms with van der Waals surface area (Å²) in [6.07, 6.45) is 4.80. The predicted molar refractivity (Wildman–Crippen MR) is 71.2 cm³/mol. The number of nitrogens with zero attached hydrogens (tertiary/aromatic N) is 2. The second-order valence-corrected chi connectivity index (χ2v) is 4.41. The number of halogens is 1. The fourth-order valence-corrected chi connectivity index (χ4v) is 1.94. The van der Waals surface area contributed by atoms with Crippen LogP contribution in [0.15, 0.2) is 30.6 Å². The second kappa shape index (κ2) is 5.67. The minimum Gasteiger partial charge on any atom is -0.385 e. The Bertz CT molecular complexity index is 520. The van der Waals surface area contributed by atoms with Crippen molar-refractivity contribution >= 4 is 5.69 Å². The maximum Gasteiger partial charge on any atom is 0.123 e. The lowest BCUT2D eigenvalue weighted by Gasteiger charge is -2.10. The van der Waals surface area contributed by atoms with Gasteiger partial charge in [-0.05, 0) is 44.0 Å². The monoisotopic (exact) mass is 247 g/mol. The number of rotatable bonds is 5. The quantitative estimate of drug-likeness (QED) is 0.823. The minimum atomic E-state index is -0.188. The van der Waals surface area contributed by atoms with Crippen molar-refractivity contribution in [3.05, 3.63) is 47.8 Å². The Labute approximate surface area is 107 Å². The maximum absolute atomic E-state index is 12.9. The average Bonchev–Trinajstić information content (AvgIpc) is 2.73. The molecule has 3 nitrogen and oxygen atoms in total. The Kier molecular flexibility index (Phi) is 3.97. The molecule has 0 radical (unpaired) electrons. The average molecular weight is 247 g/mol. The number of hydrogen-bond acceptors (Lipinski definition) is 2. The van der Waals surface area contributed by atoms with E-state index in [1.807, 2.05) is 26.2 Å². The van der Waals surface area contributed by atoms with E-state index in [-0.39, 0.29) is 5.82 Å². The van der Waals surface area contributed by atoms with Crippen molar-refractivity contribution in [1.29, 1.82) is 0 Å². The molecule has 0 saturated carbocycles. The summed E-state index contributed by atoms with van der Waals surface area (Å²) in [7, 11) is 0. The van der Waals surface area contributed by atoms with Crippen LogP contribution >= 0.6 is 0 Å². The van der Waals surface area contributed by atoms with Crippen molar-refractivity contribution in [2.45, 2.75) is 26.8 Å². The summed E-state index contributed by atoms with van der Waals surface area (Å²) in [5.41, 5.74) is 1.94. The predicted octanol–water partition coefficient (Wildman–Crippen LogP) is 3.14. The highest BCUT2D eigenvalue weighted by Gasteiger charge is 2.00. The molecule has 1 aromatic heterocycles. The van der Waals surface area contributed by atoms with Gasteiger partial charge in [0.15, 0.2) is 0 Å². The first-order valence-corrected chi connectivity index (χ1v) is 6.14. The topological polar surface area (TPSA) is 29.9 Å². The lowest BCUT2D eigenvalue weighted by atomic mass is 10.2. The van der Waals surface area contributed by atoms with Crippen molar-refractivity contribution in [3.63, 3.8) is 0 Å². The van der Waals surface area contributed by atoms with Gasteiger partial charge in [-0.25, -0.2) is 9.37 Å². The number of aromatic nitrogens is 2. The van der Waals surface area contributed by atoms with Crippen molar-refractivity contribution in [3.8, 4) is 0 Å². The Hall–Kier alpha value is -1.84. The van der Waals surface area contributed by atoms with Crippen LogP contribution in [-0.4, -0.2) is 16.1 Å². The minimum absolute atomic E-state index is 0.188. The van der Waals surface area contributed by atoms with Gasteiger partial charge in [0, 0.05) is 31.2 Å². The SMILES string of the molecule is Cc1cc(F)ccc1NCCCn1ccnc1C. The molecule has 1 N–H and O–H groups in total. The molecule has 1 aromatic carbocycles. The van der Waals surface area contributed by atoms with E-state index >= 15 is 0 Å². The van der Waals surface area contributed by atoms with Crippen LogP contribution in [0.1, 0.15) is 17.8 Å². The van der Waals surface area contributed by atoms with Crippen LogP contribution in [-0.2, 0) is 6.54 Å². The number of hydrogen-bond donors (Lipinski definition) is 1. The molecule has 1 heterocycles. The van der Waals surface area contributed by atoms with E-state index in [0.717, 1.165) is 36.6 Å². The van der Waals surface area contributed by atoms with Crippen molar-refractivity contribution < 1.29 is 4.39 Å². The van der Waals surface area contributed by atoms with Crippen LogP contribution in [0.4, 0.5) is 10.1 Å². The van der Waals surface area contributed by atoms with Gasteiger partial charge in [0.05, 0.1) is 0 Å². The van der Waals surface area contributed by atoms with E-state index in [1.54, 1.807) is 12.1 Å². The Morgan fingerprint density at radius 3 is 2.83 bits per heavy atom. The fraction of sp³-hybridized carbons (Fsp3) is 0.357. The zero-order chi connectivity index (χ0) is 13.0. The molecule has 0 amide bonds. The summed E-state index contributed by atoms with van der Waals surface area (Å²) in [5.74, 6) is 0.847. The number of aryl methyl sites for hydroxylation is 3. The summed E-state index contributed by atoms with van der Waals surface area (Å²) in [6, 6.07) is 4.81. The molecular formula is C14H18FN3. The van der Waals surface area contributed by atoms with Crippen molar-refractivity contribution in [1.82, 2.24) is 9.55 Å². The highest BCUT2D eigenvalue weighted by Crippen LogP contribution is 2.15. The molecule has 0 unspecified atom stereocenters. The van der Waals surface area contributed by atoms with Crippen molar-refractivity contribution in [2.75, 3.05) is 11.9 Å². The highest BCUT2D eigenvalue weighted by atomic mass is 19.1. The Balaban J connectivity index is 1.80. The molecule has 2 rings (SSSR count). The highest BCUT2D eigenvalue weighted by molar-refractivity contribution is 5.50. The van der Waals surface area contributed by atoms with E-state index in [9.17, 15) is 4.39 Å². The summed E-state index contributed by atoms with van der Waals surface area (Å²) in [6.45, 7) is 5.71. The van der Waals surface area contributed by atoms with Crippen LogP contribution in [0, 0.1) is 19.7 Å². The maximum atomic E-state index is 12.9. The van der Waals surface area contributed by atoms with Gasteiger partial charge in [-0.1, -0.05) is 0 Å². The molecule has 2 aromatic rings.